The number of ether oxygens (including phenoxy) is 2. The summed E-state index contributed by atoms with van der Waals surface area (Å²) < 4.78 is 10.3. The molecule has 0 unspecified atom stereocenters. The molecule has 136 valence electrons. The van der Waals surface area contributed by atoms with Gasteiger partial charge >= 0.3 is 11.8 Å². The molecule has 0 bridgehead atoms. The minimum absolute atomic E-state index is 0.0602. The first-order chi connectivity index (χ1) is 12.0. The van der Waals surface area contributed by atoms with Gasteiger partial charge in [0.05, 0.1) is 30.9 Å². The molecular formula is C15H20N4O6. The fourth-order valence-corrected chi connectivity index (χ4v) is 2.32. The summed E-state index contributed by atoms with van der Waals surface area (Å²) >= 11 is 0. The molecule has 0 radical (unpaired) electrons. The Kier molecular flexibility index (Phi) is 6.66. The second kappa shape index (κ2) is 8.94. The Morgan fingerprint density at radius 1 is 1.32 bits per heavy atom. The van der Waals surface area contributed by atoms with Crippen molar-refractivity contribution in [3.05, 3.63) is 28.3 Å². The van der Waals surface area contributed by atoms with Crippen molar-refractivity contribution in [2.75, 3.05) is 51.8 Å². The highest BCUT2D eigenvalue weighted by Crippen LogP contribution is 2.28. The standard InChI is InChI=1S/C15H20N4O6/c1-24-13-3-2-11(19(22)23)10-12(13)17-15(21)14(20)16-4-5-18-6-8-25-9-7-18/h2-3,10H,4-9H2,1H3,(H,16,20)(H,17,21). The molecule has 1 aliphatic heterocycles. The van der Waals surface area contributed by atoms with Gasteiger partial charge in [-0.1, -0.05) is 0 Å². The summed E-state index contributed by atoms with van der Waals surface area (Å²) in [5, 5.41) is 15.7. The van der Waals surface area contributed by atoms with Gasteiger partial charge in [0.2, 0.25) is 0 Å². The number of hydrogen-bond donors (Lipinski definition) is 2. The summed E-state index contributed by atoms with van der Waals surface area (Å²) in [6.07, 6.45) is 0. The van der Waals surface area contributed by atoms with Gasteiger partial charge in [0, 0.05) is 38.3 Å². The number of benzene rings is 1. The molecule has 10 nitrogen and oxygen atoms in total. The molecule has 0 spiro atoms. The predicted octanol–water partition coefficient (Wildman–Crippen LogP) is -0.00970. The monoisotopic (exact) mass is 352 g/mol. The zero-order valence-electron chi connectivity index (χ0n) is 13.8. The molecule has 1 aliphatic rings. The third-order valence-electron chi connectivity index (χ3n) is 3.67. The van der Waals surface area contributed by atoms with Gasteiger partial charge in [-0.15, -0.1) is 0 Å². The van der Waals surface area contributed by atoms with E-state index in [9.17, 15) is 19.7 Å². The molecule has 1 aromatic rings. The van der Waals surface area contributed by atoms with Crippen LogP contribution in [-0.2, 0) is 14.3 Å². The number of nitro benzene ring substituents is 1. The number of carbonyl (C=O) groups is 2. The van der Waals surface area contributed by atoms with E-state index in [2.05, 4.69) is 15.5 Å². The van der Waals surface area contributed by atoms with Gasteiger partial charge in [0.25, 0.3) is 5.69 Å². The number of nitrogens with one attached hydrogen (secondary N) is 2. The molecule has 1 heterocycles. The molecule has 2 N–H and O–H groups in total. The molecular weight excluding hydrogens is 332 g/mol. The van der Waals surface area contributed by atoms with E-state index in [0.717, 1.165) is 19.2 Å². The average Bonchev–Trinajstić information content (AvgIpc) is 2.62. The minimum Gasteiger partial charge on any atom is -0.495 e. The Balaban J connectivity index is 1.88. The van der Waals surface area contributed by atoms with E-state index >= 15 is 0 Å². The number of nitro groups is 1. The number of rotatable bonds is 6. The van der Waals surface area contributed by atoms with Gasteiger partial charge < -0.3 is 20.1 Å². The van der Waals surface area contributed by atoms with E-state index in [1.54, 1.807) is 0 Å². The number of non-ortho nitro benzene ring substituents is 1. The number of nitrogens with zero attached hydrogens (tertiary/aromatic N) is 2. The van der Waals surface area contributed by atoms with Crippen LogP contribution < -0.4 is 15.4 Å². The summed E-state index contributed by atoms with van der Waals surface area (Å²) in [6.45, 7) is 3.81. The summed E-state index contributed by atoms with van der Waals surface area (Å²) in [4.78, 5) is 36.2. The number of carbonyl (C=O) groups excluding carboxylic acids is 2. The van der Waals surface area contributed by atoms with Crippen LogP contribution in [0.4, 0.5) is 11.4 Å². The van der Waals surface area contributed by atoms with Crippen LogP contribution in [0.25, 0.3) is 0 Å². The fraction of sp³-hybridized carbons (Fsp3) is 0.467. The Morgan fingerprint density at radius 3 is 2.68 bits per heavy atom. The lowest BCUT2D eigenvalue weighted by Gasteiger charge is -2.26. The highest BCUT2D eigenvalue weighted by atomic mass is 16.6. The predicted molar refractivity (Wildman–Crippen MR) is 88.5 cm³/mol. The largest absolute Gasteiger partial charge is 0.495 e. The maximum absolute atomic E-state index is 12.0. The Labute approximate surface area is 144 Å². The molecule has 0 atom stereocenters. The van der Waals surface area contributed by atoms with E-state index < -0.39 is 16.7 Å². The van der Waals surface area contributed by atoms with Crippen LogP contribution in [0.3, 0.4) is 0 Å². The summed E-state index contributed by atoms with van der Waals surface area (Å²) in [6, 6.07) is 3.73. The quantitative estimate of drug-likeness (QED) is 0.419. The topological polar surface area (TPSA) is 123 Å². The van der Waals surface area contributed by atoms with E-state index in [4.69, 9.17) is 9.47 Å². The van der Waals surface area contributed by atoms with Crippen LogP contribution in [0.5, 0.6) is 5.75 Å². The smallest absolute Gasteiger partial charge is 0.313 e. The van der Waals surface area contributed by atoms with Crippen molar-refractivity contribution in [3.8, 4) is 5.75 Å². The van der Waals surface area contributed by atoms with Crippen molar-refractivity contribution in [3.63, 3.8) is 0 Å². The maximum Gasteiger partial charge on any atom is 0.313 e. The molecule has 1 aromatic carbocycles. The van der Waals surface area contributed by atoms with E-state index in [1.807, 2.05) is 0 Å². The van der Waals surface area contributed by atoms with Gasteiger partial charge in [-0.05, 0) is 6.07 Å². The zero-order valence-corrected chi connectivity index (χ0v) is 13.8. The van der Waals surface area contributed by atoms with E-state index in [1.165, 1.54) is 19.2 Å². The van der Waals surface area contributed by atoms with Crippen LogP contribution >= 0.6 is 0 Å². The maximum atomic E-state index is 12.0. The first-order valence-corrected chi connectivity index (χ1v) is 7.73. The first-order valence-electron chi connectivity index (χ1n) is 7.73. The number of hydrogen-bond acceptors (Lipinski definition) is 7. The van der Waals surface area contributed by atoms with Crippen LogP contribution in [0.1, 0.15) is 0 Å². The van der Waals surface area contributed by atoms with Crippen LogP contribution in [0.2, 0.25) is 0 Å². The molecule has 1 saturated heterocycles. The lowest BCUT2D eigenvalue weighted by molar-refractivity contribution is -0.384. The zero-order chi connectivity index (χ0) is 18.2. The average molecular weight is 352 g/mol. The van der Waals surface area contributed by atoms with Gasteiger partial charge in [0.15, 0.2) is 0 Å². The lowest BCUT2D eigenvalue weighted by atomic mass is 10.2. The Hall–Kier alpha value is -2.72. The fourth-order valence-electron chi connectivity index (χ4n) is 2.32. The molecule has 10 heteroatoms. The van der Waals surface area contributed by atoms with Crippen molar-refractivity contribution >= 4 is 23.2 Å². The Morgan fingerprint density at radius 2 is 2.04 bits per heavy atom. The summed E-state index contributed by atoms with van der Waals surface area (Å²) in [7, 11) is 1.36. The summed E-state index contributed by atoms with van der Waals surface area (Å²) in [5.41, 5.74) is -0.158. The number of anilines is 1. The van der Waals surface area contributed by atoms with Gasteiger partial charge in [-0.25, -0.2) is 0 Å². The van der Waals surface area contributed by atoms with E-state index in [-0.39, 0.29) is 17.1 Å². The second-order valence-corrected chi connectivity index (χ2v) is 5.31. The highest BCUT2D eigenvalue weighted by molar-refractivity contribution is 6.39. The van der Waals surface area contributed by atoms with Crippen molar-refractivity contribution in [1.29, 1.82) is 0 Å². The van der Waals surface area contributed by atoms with E-state index in [0.29, 0.717) is 26.3 Å². The summed E-state index contributed by atoms with van der Waals surface area (Å²) in [5.74, 6) is -1.51. The third-order valence-corrected chi connectivity index (χ3v) is 3.67. The van der Waals surface area contributed by atoms with Crippen molar-refractivity contribution in [1.82, 2.24) is 10.2 Å². The molecule has 0 aliphatic carbocycles. The molecule has 1 fully saturated rings. The number of morpholine rings is 1. The SMILES string of the molecule is COc1ccc([N+](=O)[O-])cc1NC(=O)C(=O)NCCN1CCOCC1. The lowest BCUT2D eigenvalue weighted by Crippen LogP contribution is -2.43. The minimum atomic E-state index is -0.916. The second-order valence-electron chi connectivity index (χ2n) is 5.31. The number of amides is 2. The van der Waals surface area contributed by atoms with Crippen LogP contribution in [-0.4, -0.2) is 68.1 Å². The van der Waals surface area contributed by atoms with Crippen LogP contribution in [0.15, 0.2) is 18.2 Å². The number of methoxy groups -OCH3 is 1. The molecule has 0 saturated carbocycles. The molecule has 2 rings (SSSR count). The van der Waals surface area contributed by atoms with Crippen molar-refractivity contribution < 1.29 is 24.0 Å². The van der Waals surface area contributed by atoms with Gasteiger partial charge in [-0.2, -0.15) is 0 Å². The van der Waals surface area contributed by atoms with Crippen molar-refractivity contribution in [2.24, 2.45) is 0 Å². The van der Waals surface area contributed by atoms with Gasteiger partial charge in [0.1, 0.15) is 5.75 Å². The van der Waals surface area contributed by atoms with Crippen LogP contribution in [0, 0.1) is 10.1 Å². The Bertz CT molecular complexity index is 645. The van der Waals surface area contributed by atoms with Gasteiger partial charge in [-0.3, -0.25) is 24.6 Å². The normalized spacial score (nSPS) is 14.6. The molecule has 25 heavy (non-hydrogen) atoms. The van der Waals surface area contributed by atoms with Crippen molar-refractivity contribution in [2.45, 2.75) is 0 Å². The highest BCUT2D eigenvalue weighted by Gasteiger charge is 2.18. The molecule has 2 amide bonds. The third kappa shape index (κ3) is 5.40. The first kappa shape index (κ1) is 18.6. The molecule has 0 aromatic heterocycles.